The number of fused-ring (bicyclic) bond motifs is 1. The fourth-order valence-corrected chi connectivity index (χ4v) is 4.27. The van der Waals surface area contributed by atoms with Crippen molar-refractivity contribution in [1.29, 1.82) is 0 Å². The number of alkyl halides is 1. The van der Waals surface area contributed by atoms with Gasteiger partial charge in [0.25, 0.3) is 5.91 Å². The van der Waals surface area contributed by atoms with E-state index in [0.29, 0.717) is 6.04 Å². The maximum atomic E-state index is 12.8. The first-order chi connectivity index (χ1) is 9.81. The van der Waals surface area contributed by atoms with Crippen molar-refractivity contribution in [1.82, 2.24) is 4.90 Å². The van der Waals surface area contributed by atoms with Crippen LogP contribution in [0.1, 0.15) is 36.0 Å². The SMILES string of the molecule is O=C(c1csc2ccccc12)N1CCCC1CCCBr. The molecule has 0 spiro atoms. The number of hydrogen-bond acceptors (Lipinski definition) is 2. The minimum absolute atomic E-state index is 0.222. The Kier molecular flexibility index (Phi) is 4.41. The molecular weight excluding hydrogens is 334 g/mol. The second-order valence-electron chi connectivity index (χ2n) is 5.27. The molecule has 1 atom stereocenters. The Hall–Kier alpha value is -0.870. The number of nitrogens with zero attached hydrogens (tertiary/aromatic N) is 1. The number of carbonyl (C=O) groups excluding carboxylic acids is 1. The molecule has 1 aliphatic rings. The number of halogens is 1. The summed E-state index contributed by atoms with van der Waals surface area (Å²) in [6, 6.07) is 8.62. The maximum Gasteiger partial charge on any atom is 0.255 e. The molecule has 1 unspecified atom stereocenters. The monoisotopic (exact) mass is 351 g/mol. The molecule has 1 aliphatic heterocycles. The zero-order valence-electron chi connectivity index (χ0n) is 11.3. The van der Waals surface area contributed by atoms with Crippen molar-refractivity contribution in [2.75, 3.05) is 11.9 Å². The van der Waals surface area contributed by atoms with Crippen molar-refractivity contribution in [3.05, 3.63) is 35.2 Å². The summed E-state index contributed by atoms with van der Waals surface area (Å²) < 4.78 is 1.20. The van der Waals surface area contributed by atoms with E-state index in [1.807, 2.05) is 17.5 Å². The molecule has 2 nitrogen and oxygen atoms in total. The number of benzene rings is 1. The third-order valence-corrected chi connectivity index (χ3v) is 5.54. The molecule has 1 aromatic carbocycles. The van der Waals surface area contributed by atoms with Crippen LogP contribution in [-0.2, 0) is 0 Å². The van der Waals surface area contributed by atoms with Crippen LogP contribution >= 0.6 is 27.3 Å². The Labute approximate surface area is 131 Å². The van der Waals surface area contributed by atoms with E-state index in [2.05, 4.69) is 33.0 Å². The minimum Gasteiger partial charge on any atom is -0.336 e. The van der Waals surface area contributed by atoms with Crippen LogP contribution in [0.2, 0.25) is 0 Å². The standard InChI is InChI=1S/C16H18BrNOS/c17-9-3-5-12-6-4-10-18(12)16(19)14-11-20-15-8-2-1-7-13(14)15/h1-2,7-8,11-12H,3-6,9-10H2. The molecule has 1 fully saturated rings. The van der Waals surface area contributed by atoms with E-state index in [1.165, 1.54) is 4.70 Å². The normalized spacial score (nSPS) is 18.9. The molecule has 0 saturated carbocycles. The van der Waals surface area contributed by atoms with Gasteiger partial charge in [-0.25, -0.2) is 0 Å². The average Bonchev–Trinajstić information content (AvgIpc) is 3.11. The van der Waals surface area contributed by atoms with Crippen LogP contribution < -0.4 is 0 Å². The summed E-state index contributed by atoms with van der Waals surface area (Å²) in [7, 11) is 0. The topological polar surface area (TPSA) is 20.3 Å². The van der Waals surface area contributed by atoms with Crippen molar-refractivity contribution in [3.63, 3.8) is 0 Å². The van der Waals surface area contributed by atoms with Crippen molar-refractivity contribution < 1.29 is 4.79 Å². The summed E-state index contributed by atoms with van der Waals surface area (Å²) in [6.45, 7) is 0.913. The molecular formula is C16H18BrNOS. The van der Waals surface area contributed by atoms with E-state index in [-0.39, 0.29) is 5.91 Å². The van der Waals surface area contributed by atoms with E-state index in [1.54, 1.807) is 11.3 Å². The van der Waals surface area contributed by atoms with Gasteiger partial charge in [0.05, 0.1) is 5.56 Å². The molecule has 1 aromatic heterocycles. The number of likely N-dealkylation sites (tertiary alicyclic amines) is 1. The Morgan fingerprint density at radius 2 is 2.25 bits per heavy atom. The van der Waals surface area contributed by atoms with Gasteiger partial charge in [-0.3, -0.25) is 4.79 Å². The third-order valence-electron chi connectivity index (χ3n) is 4.02. The predicted octanol–water partition coefficient (Wildman–Crippen LogP) is 4.68. The Morgan fingerprint density at radius 1 is 1.40 bits per heavy atom. The zero-order valence-corrected chi connectivity index (χ0v) is 13.8. The van der Waals surface area contributed by atoms with Crippen molar-refractivity contribution in [3.8, 4) is 0 Å². The number of hydrogen-bond donors (Lipinski definition) is 0. The maximum absolute atomic E-state index is 12.8. The molecule has 20 heavy (non-hydrogen) atoms. The van der Waals surface area contributed by atoms with Gasteiger partial charge in [-0.1, -0.05) is 34.1 Å². The molecule has 1 saturated heterocycles. The molecule has 0 bridgehead atoms. The lowest BCUT2D eigenvalue weighted by atomic mass is 10.1. The predicted molar refractivity (Wildman–Crippen MR) is 88.9 cm³/mol. The van der Waals surface area contributed by atoms with Crippen LogP contribution in [-0.4, -0.2) is 28.7 Å². The minimum atomic E-state index is 0.222. The molecule has 0 aliphatic carbocycles. The van der Waals surface area contributed by atoms with Crippen molar-refractivity contribution in [2.24, 2.45) is 0 Å². The van der Waals surface area contributed by atoms with E-state index < -0.39 is 0 Å². The molecule has 0 radical (unpaired) electrons. The van der Waals surface area contributed by atoms with E-state index in [0.717, 1.165) is 48.5 Å². The van der Waals surface area contributed by atoms with Crippen LogP contribution in [0.15, 0.2) is 29.6 Å². The number of thiophene rings is 1. The summed E-state index contributed by atoms with van der Waals surface area (Å²) in [5.74, 6) is 0.222. The smallest absolute Gasteiger partial charge is 0.255 e. The zero-order chi connectivity index (χ0) is 13.9. The number of amides is 1. The van der Waals surface area contributed by atoms with Gasteiger partial charge < -0.3 is 4.90 Å². The van der Waals surface area contributed by atoms with Crippen molar-refractivity contribution >= 4 is 43.3 Å². The number of carbonyl (C=O) groups is 1. The molecule has 3 rings (SSSR count). The first-order valence-corrected chi connectivity index (χ1v) is 9.14. The molecule has 1 amide bonds. The summed E-state index contributed by atoms with van der Waals surface area (Å²) in [6.07, 6.45) is 4.54. The van der Waals surface area contributed by atoms with Gasteiger partial charge in [0.2, 0.25) is 0 Å². The largest absolute Gasteiger partial charge is 0.336 e. The lowest BCUT2D eigenvalue weighted by molar-refractivity contribution is 0.0733. The summed E-state index contributed by atoms with van der Waals surface area (Å²) in [5.41, 5.74) is 0.886. The molecule has 4 heteroatoms. The van der Waals surface area contributed by atoms with Crippen LogP contribution in [0.3, 0.4) is 0 Å². The van der Waals surface area contributed by atoms with Crippen LogP contribution in [0.25, 0.3) is 10.1 Å². The van der Waals surface area contributed by atoms with Gasteiger partial charge in [-0.05, 0) is 31.7 Å². The van der Waals surface area contributed by atoms with Crippen LogP contribution in [0, 0.1) is 0 Å². The van der Waals surface area contributed by atoms with Crippen LogP contribution in [0.4, 0.5) is 0 Å². The molecule has 106 valence electrons. The Balaban J connectivity index is 1.84. The van der Waals surface area contributed by atoms with Crippen LogP contribution in [0.5, 0.6) is 0 Å². The van der Waals surface area contributed by atoms with Gasteiger partial charge in [0.1, 0.15) is 0 Å². The van der Waals surface area contributed by atoms with Gasteiger partial charge in [-0.15, -0.1) is 11.3 Å². The second kappa shape index (κ2) is 6.27. The third kappa shape index (κ3) is 2.63. The van der Waals surface area contributed by atoms with Gasteiger partial charge in [0, 0.05) is 33.4 Å². The fraction of sp³-hybridized carbons (Fsp3) is 0.438. The highest BCUT2D eigenvalue weighted by Gasteiger charge is 2.29. The highest BCUT2D eigenvalue weighted by atomic mass is 79.9. The first kappa shape index (κ1) is 14.1. The van der Waals surface area contributed by atoms with Gasteiger partial charge in [0.15, 0.2) is 0 Å². The molecule has 2 heterocycles. The van der Waals surface area contributed by atoms with Crippen molar-refractivity contribution in [2.45, 2.75) is 31.7 Å². The lowest BCUT2D eigenvalue weighted by Gasteiger charge is -2.24. The quantitative estimate of drug-likeness (QED) is 0.732. The molecule has 2 aromatic rings. The number of rotatable bonds is 4. The Bertz CT molecular complexity index is 609. The summed E-state index contributed by atoms with van der Waals surface area (Å²) in [4.78, 5) is 14.9. The highest BCUT2D eigenvalue weighted by molar-refractivity contribution is 9.09. The van der Waals surface area contributed by atoms with E-state index >= 15 is 0 Å². The lowest BCUT2D eigenvalue weighted by Crippen LogP contribution is -2.35. The first-order valence-electron chi connectivity index (χ1n) is 7.14. The summed E-state index contributed by atoms with van der Waals surface area (Å²) >= 11 is 5.15. The fourth-order valence-electron chi connectivity index (χ4n) is 3.01. The average molecular weight is 352 g/mol. The summed E-state index contributed by atoms with van der Waals surface area (Å²) in [5, 5.41) is 4.15. The van der Waals surface area contributed by atoms with Gasteiger partial charge in [-0.2, -0.15) is 0 Å². The highest BCUT2D eigenvalue weighted by Crippen LogP contribution is 2.30. The van der Waals surface area contributed by atoms with Gasteiger partial charge >= 0.3 is 0 Å². The molecule has 0 N–H and O–H groups in total. The van der Waals surface area contributed by atoms with E-state index in [9.17, 15) is 4.79 Å². The van der Waals surface area contributed by atoms with E-state index in [4.69, 9.17) is 0 Å². The Morgan fingerprint density at radius 3 is 3.10 bits per heavy atom. The second-order valence-corrected chi connectivity index (χ2v) is 6.98.